The van der Waals surface area contributed by atoms with Crippen molar-refractivity contribution in [3.63, 3.8) is 0 Å². The predicted octanol–water partition coefficient (Wildman–Crippen LogP) is 2.87. The zero-order valence-corrected chi connectivity index (χ0v) is 14.5. The normalized spacial score (nSPS) is 16.3. The largest absolute Gasteiger partial charge is 0.497 e. The fraction of sp³-hybridized carbons (Fsp3) is 0.632. The molecule has 0 aromatic heterocycles. The molecule has 0 atom stereocenters. The number of amides is 1. The molecule has 2 rings (SSSR count). The van der Waals surface area contributed by atoms with Gasteiger partial charge in [-0.2, -0.15) is 0 Å². The van der Waals surface area contributed by atoms with Crippen LogP contribution in [0.15, 0.2) is 24.3 Å². The molecule has 0 radical (unpaired) electrons. The first-order valence-electron chi connectivity index (χ1n) is 8.79. The summed E-state index contributed by atoms with van der Waals surface area (Å²) in [6, 6.07) is 7.91. The number of hydrogen-bond acceptors (Lipinski definition) is 3. The summed E-state index contributed by atoms with van der Waals surface area (Å²) in [5, 5.41) is 3.03. The Labute approximate surface area is 140 Å². The lowest BCUT2D eigenvalue weighted by Crippen LogP contribution is -2.35. The summed E-state index contributed by atoms with van der Waals surface area (Å²) < 4.78 is 5.13. The van der Waals surface area contributed by atoms with Crippen molar-refractivity contribution < 1.29 is 9.53 Å². The van der Waals surface area contributed by atoms with E-state index < -0.39 is 0 Å². The van der Waals surface area contributed by atoms with E-state index in [4.69, 9.17) is 4.74 Å². The van der Waals surface area contributed by atoms with Gasteiger partial charge in [0.2, 0.25) is 5.91 Å². The van der Waals surface area contributed by atoms with E-state index in [0.717, 1.165) is 37.6 Å². The summed E-state index contributed by atoms with van der Waals surface area (Å²) in [5.74, 6) is 1.88. The Balaban J connectivity index is 1.54. The third kappa shape index (κ3) is 6.61. The molecule has 0 aliphatic carbocycles. The van der Waals surface area contributed by atoms with Crippen LogP contribution in [0.5, 0.6) is 5.75 Å². The molecule has 0 spiro atoms. The first-order valence-corrected chi connectivity index (χ1v) is 8.79. The summed E-state index contributed by atoms with van der Waals surface area (Å²) in [6.45, 7) is 6.65. The Bertz CT molecular complexity index is 465. The maximum Gasteiger partial charge on any atom is 0.220 e. The van der Waals surface area contributed by atoms with Crippen molar-refractivity contribution in [3.05, 3.63) is 29.8 Å². The quantitative estimate of drug-likeness (QED) is 0.749. The number of nitrogens with zero attached hydrogens (tertiary/aromatic N) is 1. The van der Waals surface area contributed by atoms with E-state index in [1.807, 2.05) is 24.3 Å². The lowest BCUT2D eigenvalue weighted by atomic mass is 9.99. The highest BCUT2D eigenvalue weighted by Crippen LogP contribution is 2.15. The Hall–Kier alpha value is -1.55. The van der Waals surface area contributed by atoms with Gasteiger partial charge in [0.15, 0.2) is 0 Å². The topological polar surface area (TPSA) is 41.6 Å². The third-order valence-electron chi connectivity index (χ3n) is 4.65. The molecule has 1 heterocycles. The Kier molecular flexibility index (Phi) is 7.40. The molecule has 4 heteroatoms. The van der Waals surface area contributed by atoms with Gasteiger partial charge in [-0.05, 0) is 68.9 Å². The average Bonchev–Trinajstić information content (AvgIpc) is 2.59. The van der Waals surface area contributed by atoms with E-state index in [2.05, 4.69) is 17.1 Å². The molecule has 1 aliphatic rings. The number of nitrogens with one attached hydrogen (secondary N) is 1. The molecule has 1 saturated heterocycles. The number of rotatable bonds is 8. The van der Waals surface area contributed by atoms with Crippen LogP contribution in [0.3, 0.4) is 0 Å². The molecule has 1 aliphatic heterocycles. The van der Waals surface area contributed by atoms with Gasteiger partial charge in [0.25, 0.3) is 0 Å². The lowest BCUT2D eigenvalue weighted by molar-refractivity contribution is -0.121. The number of hydrogen-bond donors (Lipinski definition) is 1. The van der Waals surface area contributed by atoms with Crippen LogP contribution in [-0.4, -0.2) is 44.1 Å². The van der Waals surface area contributed by atoms with Crippen molar-refractivity contribution in [3.8, 4) is 5.75 Å². The highest BCUT2D eigenvalue weighted by atomic mass is 16.5. The number of ether oxygens (including phenoxy) is 1. The van der Waals surface area contributed by atoms with Crippen molar-refractivity contribution in [2.24, 2.45) is 5.92 Å². The molecular formula is C19H30N2O2. The number of carbonyl (C=O) groups is 1. The number of methoxy groups -OCH3 is 1. The zero-order chi connectivity index (χ0) is 16.5. The summed E-state index contributed by atoms with van der Waals surface area (Å²) in [5.41, 5.74) is 1.17. The van der Waals surface area contributed by atoms with Crippen LogP contribution in [0.1, 0.15) is 38.2 Å². The Morgan fingerprint density at radius 1 is 1.26 bits per heavy atom. The van der Waals surface area contributed by atoms with E-state index in [0.29, 0.717) is 6.42 Å². The number of carbonyl (C=O) groups excluding carboxylic acids is 1. The van der Waals surface area contributed by atoms with Gasteiger partial charge >= 0.3 is 0 Å². The Morgan fingerprint density at radius 2 is 1.96 bits per heavy atom. The first kappa shape index (κ1) is 17.8. The van der Waals surface area contributed by atoms with Crippen LogP contribution in [-0.2, 0) is 11.2 Å². The summed E-state index contributed by atoms with van der Waals surface area (Å²) >= 11 is 0. The van der Waals surface area contributed by atoms with E-state index in [1.54, 1.807) is 7.11 Å². The van der Waals surface area contributed by atoms with Crippen LogP contribution >= 0.6 is 0 Å². The molecule has 23 heavy (non-hydrogen) atoms. The van der Waals surface area contributed by atoms with Crippen molar-refractivity contribution >= 4 is 5.91 Å². The Morgan fingerprint density at radius 3 is 2.61 bits per heavy atom. The van der Waals surface area contributed by atoms with Crippen LogP contribution in [0, 0.1) is 5.92 Å². The maximum absolute atomic E-state index is 11.9. The molecule has 1 N–H and O–H groups in total. The standard InChI is InChI=1S/C19H30N2O2/c1-16-10-14-21(15-11-16)13-3-12-20-19(22)9-6-17-4-7-18(23-2)8-5-17/h4-5,7-8,16H,3,6,9-15H2,1-2H3,(H,20,22). The van der Waals surface area contributed by atoms with Gasteiger partial charge in [-0.25, -0.2) is 0 Å². The highest BCUT2D eigenvalue weighted by molar-refractivity contribution is 5.76. The molecule has 128 valence electrons. The van der Waals surface area contributed by atoms with Crippen LogP contribution < -0.4 is 10.1 Å². The molecule has 1 aromatic carbocycles. The minimum Gasteiger partial charge on any atom is -0.497 e. The van der Waals surface area contributed by atoms with E-state index >= 15 is 0 Å². The molecule has 1 fully saturated rings. The molecule has 0 saturated carbocycles. The summed E-state index contributed by atoms with van der Waals surface area (Å²) in [6.07, 6.45) is 5.00. The average molecular weight is 318 g/mol. The molecular weight excluding hydrogens is 288 g/mol. The molecule has 1 aromatic rings. The van der Waals surface area contributed by atoms with Crippen LogP contribution in [0.25, 0.3) is 0 Å². The third-order valence-corrected chi connectivity index (χ3v) is 4.65. The SMILES string of the molecule is COc1ccc(CCC(=O)NCCCN2CCC(C)CC2)cc1. The second kappa shape index (κ2) is 9.56. The second-order valence-electron chi connectivity index (χ2n) is 6.58. The minimum absolute atomic E-state index is 0.146. The van der Waals surface area contributed by atoms with Crippen molar-refractivity contribution in [1.29, 1.82) is 0 Å². The van der Waals surface area contributed by atoms with Gasteiger partial charge in [-0.3, -0.25) is 4.79 Å². The van der Waals surface area contributed by atoms with Crippen molar-refractivity contribution in [1.82, 2.24) is 10.2 Å². The molecule has 4 nitrogen and oxygen atoms in total. The monoisotopic (exact) mass is 318 g/mol. The molecule has 0 unspecified atom stereocenters. The minimum atomic E-state index is 0.146. The maximum atomic E-state index is 11.9. The molecule has 1 amide bonds. The van der Waals surface area contributed by atoms with Crippen molar-refractivity contribution in [2.75, 3.05) is 33.3 Å². The number of piperidine rings is 1. The second-order valence-corrected chi connectivity index (χ2v) is 6.58. The van der Waals surface area contributed by atoms with Crippen LogP contribution in [0.2, 0.25) is 0 Å². The summed E-state index contributed by atoms with van der Waals surface area (Å²) in [4.78, 5) is 14.4. The fourth-order valence-electron chi connectivity index (χ4n) is 2.95. The smallest absolute Gasteiger partial charge is 0.220 e. The number of benzene rings is 1. The summed E-state index contributed by atoms with van der Waals surface area (Å²) in [7, 11) is 1.66. The van der Waals surface area contributed by atoms with Crippen molar-refractivity contribution in [2.45, 2.75) is 39.0 Å². The van der Waals surface area contributed by atoms with Gasteiger partial charge in [0.1, 0.15) is 5.75 Å². The predicted molar refractivity (Wildman–Crippen MR) is 93.8 cm³/mol. The van der Waals surface area contributed by atoms with Gasteiger partial charge < -0.3 is 15.0 Å². The highest BCUT2D eigenvalue weighted by Gasteiger charge is 2.14. The fourth-order valence-corrected chi connectivity index (χ4v) is 2.95. The molecule has 0 bridgehead atoms. The van der Waals surface area contributed by atoms with Gasteiger partial charge in [0, 0.05) is 13.0 Å². The number of likely N-dealkylation sites (tertiary alicyclic amines) is 1. The van der Waals surface area contributed by atoms with Gasteiger partial charge in [-0.15, -0.1) is 0 Å². The van der Waals surface area contributed by atoms with Gasteiger partial charge in [0.05, 0.1) is 7.11 Å². The number of aryl methyl sites for hydroxylation is 1. The van der Waals surface area contributed by atoms with Crippen LogP contribution in [0.4, 0.5) is 0 Å². The van der Waals surface area contributed by atoms with E-state index in [9.17, 15) is 4.79 Å². The van der Waals surface area contributed by atoms with E-state index in [-0.39, 0.29) is 5.91 Å². The lowest BCUT2D eigenvalue weighted by Gasteiger charge is -2.30. The zero-order valence-electron chi connectivity index (χ0n) is 14.5. The first-order chi connectivity index (χ1) is 11.2. The van der Waals surface area contributed by atoms with Gasteiger partial charge in [-0.1, -0.05) is 19.1 Å². The van der Waals surface area contributed by atoms with E-state index in [1.165, 1.54) is 31.5 Å².